The Kier molecular flexibility index (Phi) is 7.26. The van der Waals surface area contributed by atoms with Crippen LogP contribution in [0.5, 0.6) is 11.5 Å². The maximum absolute atomic E-state index is 9.11. The highest BCUT2D eigenvalue weighted by Gasteiger charge is 2.19. The number of aromatic nitrogens is 3. The summed E-state index contributed by atoms with van der Waals surface area (Å²) in [6, 6.07) is 12.6. The predicted molar refractivity (Wildman–Crippen MR) is 127 cm³/mol. The molecule has 0 atom stereocenters. The number of aliphatic hydroxyl groups is 1. The van der Waals surface area contributed by atoms with E-state index < -0.39 is 0 Å². The molecule has 0 unspecified atom stereocenters. The smallest absolute Gasteiger partial charge is 0.232 e. The Morgan fingerprint density at radius 2 is 1.66 bits per heavy atom. The zero-order chi connectivity index (χ0) is 22.5. The predicted octanol–water partition coefficient (Wildman–Crippen LogP) is 4.14. The molecule has 0 spiro atoms. The van der Waals surface area contributed by atoms with Crippen LogP contribution in [0.25, 0.3) is 0 Å². The number of hydrogen-bond acceptors (Lipinski definition) is 8. The fraction of sp³-hybridized carbons (Fsp3) is 0.318. The molecule has 1 aromatic heterocycles. The lowest BCUT2D eigenvalue weighted by Gasteiger charge is -2.34. The fourth-order valence-electron chi connectivity index (χ4n) is 3.39. The molecule has 4 rings (SSSR count). The van der Waals surface area contributed by atoms with Gasteiger partial charge in [-0.3, -0.25) is 4.90 Å². The van der Waals surface area contributed by atoms with Gasteiger partial charge in [0.25, 0.3) is 0 Å². The van der Waals surface area contributed by atoms with E-state index in [0.29, 0.717) is 45.8 Å². The van der Waals surface area contributed by atoms with E-state index in [1.165, 1.54) is 0 Å². The summed E-state index contributed by atoms with van der Waals surface area (Å²) in [5.74, 6) is 3.07. The van der Waals surface area contributed by atoms with Gasteiger partial charge in [-0.2, -0.15) is 15.0 Å². The number of nitrogens with one attached hydrogen (secondary N) is 1. The van der Waals surface area contributed by atoms with Gasteiger partial charge in [0.15, 0.2) is 0 Å². The van der Waals surface area contributed by atoms with E-state index in [-0.39, 0.29) is 6.61 Å². The van der Waals surface area contributed by atoms with Crippen LogP contribution < -0.4 is 15.0 Å². The highest BCUT2D eigenvalue weighted by molar-refractivity contribution is 6.42. The minimum atomic E-state index is 0.177. The molecule has 1 aliphatic heterocycles. The number of halogens is 2. The van der Waals surface area contributed by atoms with E-state index >= 15 is 0 Å². The molecule has 32 heavy (non-hydrogen) atoms. The van der Waals surface area contributed by atoms with Crippen LogP contribution in [-0.2, 0) is 0 Å². The number of β-amino-alcohol motifs (C(OH)–C–C–N with tert-alkyl or cyclic N) is 1. The summed E-state index contributed by atoms with van der Waals surface area (Å²) in [6.45, 7) is 6.08. The Bertz CT molecular complexity index is 1060. The molecule has 0 radical (unpaired) electrons. The molecule has 10 heteroatoms. The lowest BCUT2D eigenvalue weighted by atomic mass is 10.3. The number of aliphatic hydroxyl groups excluding tert-OH is 1. The van der Waals surface area contributed by atoms with Crippen LogP contribution in [0.3, 0.4) is 0 Å². The summed E-state index contributed by atoms with van der Waals surface area (Å²) < 4.78 is 5.82. The van der Waals surface area contributed by atoms with E-state index in [0.717, 1.165) is 31.9 Å². The van der Waals surface area contributed by atoms with Crippen LogP contribution in [0.1, 0.15) is 5.82 Å². The maximum atomic E-state index is 9.11. The summed E-state index contributed by atoms with van der Waals surface area (Å²) in [5.41, 5.74) is 0.829. The number of anilines is 3. The van der Waals surface area contributed by atoms with Gasteiger partial charge in [-0.05, 0) is 43.3 Å². The van der Waals surface area contributed by atoms with Gasteiger partial charge in [0.2, 0.25) is 11.9 Å². The molecule has 3 aromatic rings. The molecule has 1 aliphatic rings. The van der Waals surface area contributed by atoms with Gasteiger partial charge in [-0.15, -0.1) is 0 Å². The Hall–Kier alpha value is -2.65. The van der Waals surface area contributed by atoms with Gasteiger partial charge >= 0.3 is 0 Å². The average Bonchev–Trinajstić information content (AvgIpc) is 2.78. The first-order valence-corrected chi connectivity index (χ1v) is 11.1. The SMILES string of the molecule is Cc1nc(Nc2ccc(Oc3ccc(Cl)c(Cl)c3)cc2)nc(N2CCN(CCO)CC2)n1. The van der Waals surface area contributed by atoms with Crippen molar-refractivity contribution < 1.29 is 9.84 Å². The van der Waals surface area contributed by atoms with Gasteiger partial charge in [0.05, 0.1) is 16.7 Å². The number of nitrogens with zero attached hydrogens (tertiary/aromatic N) is 5. The molecule has 1 saturated heterocycles. The van der Waals surface area contributed by atoms with Crippen molar-refractivity contribution in [1.29, 1.82) is 0 Å². The van der Waals surface area contributed by atoms with Crippen molar-refractivity contribution in [2.45, 2.75) is 6.92 Å². The third-order valence-corrected chi connectivity index (χ3v) is 5.78. The van der Waals surface area contributed by atoms with Crippen molar-refractivity contribution in [2.24, 2.45) is 0 Å². The molecule has 0 aliphatic carbocycles. The number of ether oxygens (including phenoxy) is 1. The van der Waals surface area contributed by atoms with Gasteiger partial charge < -0.3 is 20.1 Å². The van der Waals surface area contributed by atoms with Crippen molar-refractivity contribution in [2.75, 3.05) is 49.5 Å². The maximum Gasteiger partial charge on any atom is 0.232 e. The first-order valence-electron chi connectivity index (χ1n) is 10.3. The Balaban J connectivity index is 1.41. The molecule has 2 N–H and O–H groups in total. The van der Waals surface area contributed by atoms with Crippen LogP contribution in [0, 0.1) is 6.92 Å². The second kappa shape index (κ2) is 10.3. The van der Waals surface area contributed by atoms with E-state index in [1.54, 1.807) is 18.2 Å². The lowest BCUT2D eigenvalue weighted by Crippen LogP contribution is -2.47. The zero-order valence-corrected chi connectivity index (χ0v) is 19.1. The van der Waals surface area contributed by atoms with Crippen LogP contribution in [0.4, 0.5) is 17.6 Å². The van der Waals surface area contributed by atoms with Gasteiger partial charge in [-0.1, -0.05) is 23.2 Å². The highest BCUT2D eigenvalue weighted by atomic mass is 35.5. The second-order valence-electron chi connectivity index (χ2n) is 7.39. The number of hydrogen-bond donors (Lipinski definition) is 2. The molecule has 1 fully saturated rings. The normalized spacial score (nSPS) is 14.4. The number of aryl methyl sites for hydroxylation is 1. The summed E-state index contributed by atoms with van der Waals surface area (Å²) in [6.07, 6.45) is 0. The second-order valence-corrected chi connectivity index (χ2v) is 8.20. The first-order chi connectivity index (χ1) is 15.5. The standard InChI is InChI=1S/C22H24Cl2N6O2/c1-15-25-21(28-22(26-15)30-10-8-29(9-11-30)12-13-31)27-16-2-4-17(5-3-16)32-18-6-7-19(23)20(24)14-18/h2-7,14,31H,8-13H2,1H3,(H,25,26,27,28). The molecule has 2 aromatic carbocycles. The van der Waals surface area contributed by atoms with Crippen molar-refractivity contribution in [3.63, 3.8) is 0 Å². The summed E-state index contributed by atoms with van der Waals surface area (Å²) in [4.78, 5) is 17.9. The first kappa shape index (κ1) is 22.5. The average molecular weight is 475 g/mol. The molecule has 0 bridgehead atoms. The lowest BCUT2D eigenvalue weighted by molar-refractivity contribution is 0.188. The fourth-order valence-corrected chi connectivity index (χ4v) is 3.68. The van der Waals surface area contributed by atoms with E-state index in [9.17, 15) is 0 Å². The molecular formula is C22H24Cl2N6O2. The Morgan fingerprint density at radius 3 is 2.34 bits per heavy atom. The number of benzene rings is 2. The minimum absolute atomic E-state index is 0.177. The molecule has 0 amide bonds. The highest BCUT2D eigenvalue weighted by Crippen LogP contribution is 2.30. The number of piperazine rings is 1. The Morgan fingerprint density at radius 1 is 0.938 bits per heavy atom. The van der Waals surface area contributed by atoms with E-state index in [2.05, 4.69) is 30.1 Å². The summed E-state index contributed by atoms with van der Waals surface area (Å²) in [7, 11) is 0. The molecule has 168 valence electrons. The molecule has 8 nitrogen and oxygen atoms in total. The van der Waals surface area contributed by atoms with Crippen molar-refractivity contribution in [1.82, 2.24) is 19.9 Å². The molecular weight excluding hydrogens is 451 g/mol. The van der Waals surface area contributed by atoms with Crippen molar-refractivity contribution in [3.05, 3.63) is 58.3 Å². The van der Waals surface area contributed by atoms with Crippen LogP contribution in [0.2, 0.25) is 10.0 Å². The molecule has 0 saturated carbocycles. The van der Waals surface area contributed by atoms with E-state index in [4.69, 9.17) is 33.0 Å². The molecule has 2 heterocycles. The van der Waals surface area contributed by atoms with Crippen LogP contribution >= 0.6 is 23.2 Å². The summed E-state index contributed by atoms with van der Waals surface area (Å²) in [5, 5.41) is 13.3. The number of rotatable bonds is 7. The summed E-state index contributed by atoms with van der Waals surface area (Å²) >= 11 is 12.0. The van der Waals surface area contributed by atoms with E-state index in [1.807, 2.05) is 31.2 Å². The third kappa shape index (κ3) is 5.77. The quantitative estimate of drug-likeness (QED) is 0.528. The Labute approximate surface area is 196 Å². The third-order valence-electron chi connectivity index (χ3n) is 5.04. The van der Waals surface area contributed by atoms with Gasteiger partial charge in [-0.25, -0.2) is 0 Å². The van der Waals surface area contributed by atoms with Crippen LogP contribution in [-0.4, -0.2) is 64.3 Å². The zero-order valence-electron chi connectivity index (χ0n) is 17.6. The van der Waals surface area contributed by atoms with Crippen molar-refractivity contribution in [3.8, 4) is 11.5 Å². The largest absolute Gasteiger partial charge is 0.457 e. The van der Waals surface area contributed by atoms with Gasteiger partial charge in [0, 0.05) is 44.5 Å². The topological polar surface area (TPSA) is 86.6 Å². The van der Waals surface area contributed by atoms with Gasteiger partial charge in [0.1, 0.15) is 17.3 Å². The monoisotopic (exact) mass is 474 g/mol. The van der Waals surface area contributed by atoms with Crippen LogP contribution in [0.15, 0.2) is 42.5 Å². The van der Waals surface area contributed by atoms with Crippen molar-refractivity contribution >= 4 is 40.8 Å². The minimum Gasteiger partial charge on any atom is -0.457 e.